The number of carbonyl (C=O) groups is 1. The first kappa shape index (κ1) is 13.2. The summed E-state index contributed by atoms with van der Waals surface area (Å²) in [7, 11) is -3.27. The molecule has 0 bridgehead atoms. The number of sulfone groups is 1. The molecule has 18 heavy (non-hydrogen) atoms. The normalized spacial score (nSPS) is 21.4. The highest BCUT2D eigenvalue weighted by Gasteiger charge is 2.32. The molecule has 0 aliphatic carbocycles. The Morgan fingerprint density at radius 3 is 2.61 bits per heavy atom. The lowest BCUT2D eigenvalue weighted by atomic mass is 10.4. The van der Waals surface area contributed by atoms with Crippen LogP contribution in [-0.4, -0.2) is 26.2 Å². The van der Waals surface area contributed by atoms with Crippen LogP contribution in [0.1, 0.15) is 6.92 Å². The number of carbonyl (C=O) groups excluding carboxylic acids is 1. The molecule has 4 nitrogen and oxygen atoms in total. The summed E-state index contributed by atoms with van der Waals surface area (Å²) in [5.41, 5.74) is 0. The van der Waals surface area contributed by atoms with E-state index >= 15 is 0 Å². The van der Waals surface area contributed by atoms with Gasteiger partial charge in [-0.2, -0.15) is 0 Å². The number of hydrogen-bond acceptors (Lipinski definition) is 5. The van der Waals surface area contributed by atoms with Crippen molar-refractivity contribution < 1.29 is 17.9 Å². The van der Waals surface area contributed by atoms with Crippen LogP contribution in [0.4, 0.5) is 0 Å². The van der Waals surface area contributed by atoms with E-state index in [1.807, 2.05) is 30.3 Å². The Bertz CT molecular complexity index is 575. The van der Waals surface area contributed by atoms with Gasteiger partial charge in [-0.1, -0.05) is 30.0 Å². The zero-order valence-electron chi connectivity index (χ0n) is 9.70. The van der Waals surface area contributed by atoms with Gasteiger partial charge in [-0.25, -0.2) is 8.42 Å². The van der Waals surface area contributed by atoms with Crippen molar-refractivity contribution >= 4 is 27.6 Å². The van der Waals surface area contributed by atoms with Crippen LogP contribution in [0.3, 0.4) is 0 Å². The van der Waals surface area contributed by atoms with Crippen molar-refractivity contribution in [3.05, 3.63) is 40.6 Å². The van der Waals surface area contributed by atoms with Crippen molar-refractivity contribution in [3.63, 3.8) is 0 Å². The van der Waals surface area contributed by atoms with E-state index in [0.717, 1.165) is 4.90 Å². The minimum absolute atomic E-state index is 0.165. The summed E-state index contributed by atoms with van der Waals surface area (Å²) in [5, 5.41) is 1.19. The van der Waals surface area contributed by atoms with E-state index in [9.17, 15) is 13.2 Å². The van der Waals surface area contributed by atoms with Gasteiger partial charge in [0, 0.05) is 22.1 Å². The monoisotopic (exact) mass is 284 g/mol. The van der Waals surface area contributed by atoms with Crippen molar-refractivity contribution in [1.29, 1.82) is 0 Å². The standard InChI is InChI=1S/C12H12O4S2/c1-9(13)16-11-7-18(14,15)8-12(11)17-10-5-3-2-4-6-10/h2-6,8,11H,7H2,1H3/t11-/m1/s1. The van der Waals surface area contributed by atoms with Gasteiger partial charge in [-0.3, -0.25) is 4.79 Å². The maximum Gasteiger partial charge on any atom is 0.303 e. The molecule has 96 valence electrons. The van der Waals surface area contributed by atoms with Crippen LogP contribution in [0.25, 0.3) is 0 Å². The predicted octanol–water partition coefficient (Wildman–Crippen LogP) is 1.98. The average molecular weight is 284 g/mol. The van der Waals surface area contributed by atoms with Gasteiger partial charge in [-0.05, 0) is 12.1 Å². The van der Waals surface area contributed by atoms with Crippen molar-refractivity contribution in [2.75, 3.05) is 5.75 Å². The summed E-state index contributed by atoms with van der Waals surface area (Å²) >= 11 is 1.31. The quantitative estimate of drug-likeness (QED) is 0.794. The molecular weight excluding hydrogens is 272 g/mol. The molecule has 0 N–H and O–H groups in total. The number of thioether (sulfide) groups is 1. The van der Waals surface area contributed by atoms with Crippen molar-refractivity contribution in [2.45, 2.75) is 17.9 Å². The zero-order chi connectivity index (χ0) is 13.2. The first-order chi connectivity index (χ1) is 8.46. The molecule has 0 radical (unpaired) electrons. The second kappa shape index (κ2) is 5.16. The zero-order valence-corrected chi connectivity index (χ0v) is 11.3. The molecule has 0 saturated carbocycles. The Balaban J connectivity index is 2.20. The Morgan fingerprint density at radius 2 is 2.00 bits per heavy atom. The summed E-state index contributed by atoms with van der Waals surface area (Å²) in [4.78, 5) is 12.4. The summed E-state index contributed by atoms with van der Waals surface area (Å²) in [6, 6.07) is 9.37. The Labute approximate surface area is 110 Å². The lowest BCUT2D eigenvalue weighted by Crippen LogP contribution is -2.20. The molecule has 0 spiro atoms. The highest BCUT2D eigenvalue weighted by Crippen LogP contribution is 2.35. The summed E-state index contributed by atoms with van der Waals surface area (Å²) < 4.78 is 28.1. The molecule has 1 atom stereocenters. The Kier molecular flexibility index (Phi) is 3.77. The van der Waals surface area contributed by atoms with Gasteiger partial charge in [0.1, 0.15) is 6.10 Å². The molecule has 1 aromatic carbocycles. The van der Waals surface area contributed by atoms with E-state index in [1.54, 1.807) is 0 Å². The van der Waals surface area contributed by atoms with Crippen molar-refractivity contribution in [3.8, 4) is 0 Å². The fourth-order valence-electron chi connectivity index (χ4n) is 1.60. The third-order valence-corrected chi connectivity index (χ3v) is 4.94. The first-order valence-corrected chi connectivity index (χ1v) is 7.84. The van der Waals surface area contributed by atoms with E-state index in [0.29, 0.717) is 4.91 Å². The minimum atomic E-state index is -3.27. The number of ether oxygens (including phenoxy) is 1. The number of rotatable bonds is 3. The van der Waals surface area contributed by atoms with E-state index < -0.39 is 21.9 Å². The van der Waals surface area contributed by atoms with Crippen LogP contribution in [0, 0.1) is 0 Å². The molecule has 0 aromatic heterocycles. The fourth-order valence-corrected chi connectivity index (χ4v) is 4.44. The molecule has 1 aliphatic rings. The minimum Gasteiger partial charge on any atom is -0.456 e. The number of hydrogen-bond donors (Lipinski definition) is 0. The van der Waals surface area contributed by atoms with Crippen LogP contribution in [0.15, 0.2) is 45.5 Å². The van der Waals surface area contributed by atoms with E-state index in [1.165, 1.54) is 24.1 Å². The molecular formula is C12H12O4S2. The fraction of sp³-hybridized carbons (Fsp3) is 0.250. The molecule has 1 heterocycles. The molecule has 0 fully saturated rings. The van der Waals surface area contributed by atoms with E-state index in [2.05, 4.69) is 0 Å². The van der Waals surface area contributed by atoms with E-state index in [4.69, 9.17) is 4.74 Å². The van der Waals surface area contributed by atoms with Crippen molar-refractivity contribution in [2.24, 2.45) is 0 Å². The highest BCUT2D eigenvalue weighted by atomic mass is 32.2. The van der Waals surface area contributed by atoms with Gasteiger partial charge in [0.2, 0.25) is 0 Å². The van der Waals surface area contributed by atoms with Gasteiger partial charge < -0.3 is 4.74 Å². The average Bonchev–Trinajstić information content (AvgIpc) is 2.53. The summed E-state index contributed by atoms with van der Waals surface area (Å²) in [5.74, 6) is -0.640. The first-order valence-electron chi connectivity index (χ1n) is 5.31. The van der Waals surface area contributed by atoms with Gasteiger partial charge in [0.25, 0.3) is 0 Å². The maximum absolute atomic E-state index is 11.5. The molecule has 0 amide bonds. The van der Waals surface area contributed by atoms with Crippen LogP contribution >= 0.6 is 11.8 Å². The molecule has 0 unspecified atom stereocenters. The van der Waals surface area contributed by atoms with Crippen LogP contribution in [0.2, 0.25) is 0 Å². The predicted molar refractivity (Wildman–Crippen MR) is 69.7 cm³/mol. The topological polar surface area (TPSA) is 60.4 Å². The molecule has 0 saturated heterocycles. The van der Waals surface area contributed by atoms with Gasteiger partial charge >= 0.3 is 5.97 Å². The second-order valence-corrected chi connectivity index (χ2v) is 6.90. The van der Waals surface area contributed by atoms with Gasteiger partial charge in [0.15, 0.2) is 9.84 Å². The largest absolute Gasteiger partial charge is 0.456 e. The molecule has 2 rings (SSSR count). The van der Waals surface area contributed by atoms with Crippen LogP contribution in [-0.2, 0) is 19.4 Å². The SMILES string of the molecule is CC(=O)O[C@@H]1CS(=O)(=O)C=C1Sc1ccccc1. The Hall–Kier alpha value is -1.27. The van der Waals surface area contributed by atoms with Gasteiger partial charge in [-0.15, -0.1) is 0 Å². The van der Waals surface area contributed by atoms with E-state index in [-0.39, 0.29) is 5.75 Å². The third kappa shape index (κ3) is 3.36. The summed E-state index contributed by atoms with van der Waals surface area (Å²) in [6.45, 7) is 1.27. The molecule has 1 aliphatic heterocycles. The smallest absolute Gasteiger partial charge is 0.303 e. The van der Waals surface area contributed by atoms with Gasteiger partial charge in [0.05, 0.1) is 5.75 Å². The highest BCUT2D eigenvalue weighted by molar-refractivity contribution is 8.05. The lowest BCUT2D eigenvalue weighted by Gasteiger charge is -2.13. The van der Waals surface area contributed by atoms with Crippen molar-refractivity contribution in [1.82, 2.24) is 0 Å². The van der Waals surface area contributed by atoms with Crippen LogP contribution in [0.5, 0.6) is 0 Å². The number of esters is 1. The second-order valence-electron chi connectivity index (χ2n) is 3.86. The third-order valence-electron chi connectivity index (χ3n) is 2.28. The molecule has 6 heteroatoms. The van der Waals surface area contributed by atoms with Crippen LogP contribution < -0.4 is 0 Å². The summed E-state index contributed by atoms with van der Waals surface area (Å²) in [6.07, 6.45) is -0.683. The lowest BCUT2D eigenvalue weighted by molar-refractivity contribution is -0.143. The number of benzene rings is 1. The maximum atomic E-state index is 11.5. The molecule has 1 aromatic rings. The Morgan fingerprint density at radius 1 is 1.33 bits per heavy atom.